The monoisotopic (exact) mass is 612 g/mol. The Morgan fingerprint density at radius 2 is 0.833 bits per heavy atom. The number of anilines is 3. The summed E-state index contributed by atoms with van der Waals surface area (Å²) in [6.07, 6.45) is 0. The van der Waals surface area contributed by atoms with Crippen molar-refractivity contribution in [1.82, 2.24) is 4.57 Å². The normalized spacial score (nSPS) is 11.3. The second-order valence-electron chi connectivity index (χ2n) is 12.2. The Balaban J connectivity index is 1.36. The highest BCUT2D eigenvalue weighted by Gasteiger charge is 2.22. The van der Waals surface area contributed by atoms with E-state index in [0.29, 0.717) is 0 Å². The van der Waals surface area contributed by atoms with Gasteiger partial charge in [-0.3, -0.25) is 0 Å². The average Bonchev–Trinajstić information content (AvgIpc) is 3.50. The number of nitrogens with zero attached hydrogens (tertiary/aromatic N) is 2. The minimum Gasteiger partial charge on any atom is -0.308 e. The minimum absolute atomic E-state index is 1.10. The summed E-state index contributed by atoms with van der Waals surface area (Å²) in [5, 5.41) is 4.90. The van der Waals surface area contributed by atoms with Crippen LogP contribution in [0.5, 0.6) is 0 Å². The molecule has 0 radical (unpaired) electrons. The van der Waals surface area contributed by atoms with Crippen LogP contribution in [0, 0.1) is 0 Å². The molecule has 226 valence electrons. The molecule has 0 aliphatic carbocycles. The fourth-order valence-corrected chi connectivity index (χ4v) is 7.13. The van der Waals surface area contributed by atoms with E-state index in [2.05, 4.69) is 204 Å². The first-order valence-corrected chi connectivity index (χ1v) is 16.4. The highest BCUT2D eigenvalue weighted by atomic mass is 15.2. The van der Waals surface area contributed by atoms with Crippen LogP contribution in [-0.4, -0.2) is 4.57 Å². The molecule has 48 heavy (non-hydrogen) atoms. The van der Waals surface area contributed by atoms with E-state index in [9.17, 15) is 0 Å². The fourth-order valence-electron chi connectivity index (χ4n) is 7.13. The van der Waals surface area contributed by atoms with Crippen LogP contribution in [-0.2, 0) is 0 Å². The largest absolute Gasteiger partial charge is 0.308 e. The van der Waals surface area contributed by atoms with Crippen LogP contribution >= 0.6 is 0 Å². The lowest BCUT2D eigenvalue weighted by atomic mass is 10.0. The zero-order valence-electron chi connectivity index (χ0n) is 26.4. The predicted octanol–water partition coefficient (Wildman–Crippen LogP) is 12.7. The van der Waals surface area contributed by atoms with Crippen molar-refractivity contribution in [2.45, 2.75) is 0 Å². The number of aromatic nitrogens is 1. The van der Waals surface area contributed by atoms with Crippen molar-refractivity contribution in [2.75, 3.05) is 4.90 Å². The van der Waals surface area contributed by atoms with Gasteiger partial charge in [0.1, 0.15) is 0 Å². The summed E-state index contributed by atoms with van der Waals surface area (Å²) in [6, 6.07) is 70.0. The van der Waals surface area contributed by atoms with Crippen molar-refractivity contribution in [3.8, 4) is 27.9 Å². The van der Waals surface area contributed by atoms with Gasteiger partial charge in [-0.15, -0.1) is 0 Å². The topological polar surface area (TPSA) is 8.17 Å². The molecule has 0 fully saturated rings. The van der Waals surface area contributed by atoms with E-state index < -0.39 is 0 Å². The molecule has 0 unspecified atom stereocenters. The molecule has 0 saturated heterocycles. The van der Waals surface area contributed by atoms with Crippen LogP contribution in [0.25, 0.3) is 60.5 Å². The maximum atomic E-state index is 2.45. The predicted molar refractivity (Wildman–Crippen MR) is 204 cm³/mol. The van der Waals surface area contributed by atoms with Gasteiger partial charge in [-0.05, 0) is 70.1 Å². The quantitative estimate of drug-likeness (QED) is 0.181. The lowest BCUT2D eigenvalue weighted by molar-refractivity contribution is 1.15. The first-order valence-electron chi connectivity index (χ1n) is 16.4. The van der Waals surface area contributed by atoms with Crippen molar-refractivity contribution in [3.63, 3.8) is 0 Å². The molecule has 2 heteroatoms. The molecule has 0 aliphatic rings. The maximum Gasteiger partial charge on any atom is 0.0709 e. The molecule has 0 amide bonds. The molecular formula is C46H32N2. The van der Waals surface area contributed by atoms with Gasteiger partial charge in [0.2, 0.25) is 0 Å². The third kappa shape index (κ3) is 4.74. The molecular weight excluding hydrogens is 581 g/mol. The second kappa shape index (κ2) is 11.8. The summed E-state index contributed by atoms with van der Waals surface area (Å²) >= 11 is 0. The summed E-state index contributed by atoms with van der Waals surface area (Å²) in [4.78, 5) is 2.44. The molecule has 2 nitrogen and oxygen atoms in total. The molecule has 0 N–H and O–H groups in total. The third-order valence-corrected chi connectivity index (χ3v) is 9.38. The Morgan fingerprint density at radius 3 is 1.50 bits per heavy atom. The van der Waals surface area contributed by atoms with Gasteiger partial charge in [0.15, 0.2) is 0 Å². The Hall–Kier alpha value is -6.38. The molecule has 0 atom stereocenters. The number of benzene rings is 8. The zero-order chi connectivity index (χ0) is 31.9. The molecule has 1 heterocycles. The van der Waals surface area contributed by atoms with E-state index in [0.717, 1.165) is 22.7 Å². The maximum absolute atomic E-state index is 2.45. The van der Waals surface area contributed by atoms with Gasteiger partial charge in [0, 0.05) is 21.8 Å². The van der Waals surface area contributed by atoms with Crippen LogP contribution in [0.3, 0.4) is 0 Å². The SMILES string of the molecule is c1ccc(-c2ccc(N(c3ccc(-c4ccccc4)cc3-n3c4ccccc4c4ccccc43)c3cccc4ccccc34)cc2)cc1. The van der Waals surface area contributed by atoms with Gasteiger partial charge in [-0.25, -0.2) is 0 Å². The van der Waals surface area contributed by atoms with Gasteiger partial charge < -0.3 is 9.47 Å². The van der Waals surface area contributed by atoms with Crippen molar-refractivity contribution >= 4 is 49.6 Å². The van der Waals surface area contributed by atoms with Crippen LogP contribution < -0.4 is 4.90 Å². The fraction of sp³-hybridized carbons (Fsp3) is 0. The van der Waals surface area contributed by atoms with E-state index in [4.69, 9.17) is 0 Å². The molecule has 8 aromatic carbocycles. The summed E-state index contributed by atoms with van der Waals surface area (Å²) < 4.78 is 2.45. The highest BCUT2D eigenvalue weighted by molar-refractivity contribution is 6.10. The van der Waals surface area contributed by atoms with Crippen LogP contribution in [0.2, 0.25) is 0 Å². The van der Waals surface area contributed by atoms with E-state index in [1.165, 1.54) is 54.8 Å². The number of hydrogen-bond acceptors (Lipinski definition) is 1. The Morgan fingerprint density at radius 1 is 0.333 bits per heavy atom. The average molecular weight is 613 g/mol. The molecule has 0 saturated carbocycles. The van der Waals surface area contributed by atoms with E-state index >= 15 is 0 Å². The summed E-state index contributed by atoms with van der Waals surface area (Å²) in [7, 11) is 0. The number of rotatable bonds is 6. The molecule has 0 spiro atoms. The smallest absolute Gasteiger partial charge is 0.0709 e. The van der Waals surface area contributed by atoms with Gasteiger partial charge in [-0.1, -0.05) is 152 Å². The highest BCUT2D eigenvalue weighted by Crippen LogP contribution is 2.45. The minimum atomic E-state index is 1.10. The van der Waals surface area contributed by atoms with Crippen LogP contribution in [0.1, 0.15) is 0 Å². The van der Waals surface area contributed by atoms with Gasteiger partial charge in [-0.2, -0.15) is 0 Å². The third-order valence-electron chi connectivity index (χ3n) is 9.38. The molecule has 9 rings (SSSR count). The molecule has 9 aromatic rings. The van der Waals surface area contributed by atoms with E-state index in [1.807, 2.05) is 0 Å². The van der Waals surface area contributed by atoms with Crippen molar-refractivity contribution in [1.29, 1.82) is 0 Å². The summed E-state index contributed by atoms with van der Waals surface area (Å²) in [5.41, 5.74) is 11.6. The van der Waals surface area contributed by atoms with E-state index in [1.54, 1.807) is 0 Å². The van der Waals surface area contributed by atoms with Crippen LogP contribution in [0.15, 0.2) is 194 Å². The lowest BCUT2D eigenvalue weighted by Gasteiger charge is -2.30. The molecule has 0 aliphatic heterocycles. The van der Waals surface area contributed by atoms with Crippen molar-refractivity contribution in [3.05, 3.63) is 194 Å². The summed E-state index contributed by atoms with van der Waals surface area (Å²) in [6.45, 7) is 0. The van der Waals surface area contributed by atoms with Gasteiger partial charge >= 0.3 is 0 Å². The number of fused-ring (bicyclic) bond motifs is 4. The second-order valence-corrected chi connectivity index (χ2v) is 12.2. The van der Waals surface area contributed by atoms with Crippen LogP contribution in [0.4, 0.5) is 17.1 Å². The lowest BCUT2D eigenvalue weighted by Crippen LogP contribution is -2.14. The summed E-state index contributed by atoms with van der Waals surface area (Å²) in [5.74, 6) is 0. The van der Waals surface area contributed by atoms with E-state index in [-0.39, 0.29) is 0 Å². The molecule has 0 bridgehead atoms. The Kier molecular flexibility index (Phi) is 6.84. The first-order chi connectivity index (χ1) is 23.8. The number of para-hydroxylation sites is 2. The van der Waals surface area contributed by atoms with Gasteiger partial charge in [0.05, 0.1) is 28.1 Å². The van der Waals surface area contributed by atoms with Crippen molar-refractivity contribution < 1.29 is 0 Å². The van der Waals surface area contributed by atoms with Crippen molar-refractivity contribution in [2.24, 2.45) is 0 Å². The zero-order valence-corrected chi connectivity index (χ0v) is 26.4. The number of hydrogen-bond donors (Lipinski definition) is 0. The molecule has 1 aromatic heterocycles. The van der Waals surface area contributed by atoms with Gasteiger partial charge in [0.25, 0.3) is 0 Å². The standard InChI is InChI=1S/C46H32N2/c1-3-14-33(15-4-1)35-26-29-38(30-27-35)47(42-25-13-19-36-18-7-8-20-39(36)42)45-31-28-37(34-16-5-2-6-17-34)32-46(45)48-43-23-11-9-21-40(43)41-22-10-12-24-44(41)48/h1-32H. The first kappa shape index (κ1) is 27.9. The Bertz CT molecular complexity index is 2490. The Labute approximate surface area is 280 Å².